The maximum Gasteiger partial charge on any atom is 0.142 e. The molecule has 0 amide bonds. The van der Waals surface area contributed by atoms with E-state index in [1.54, 1.807) is 25.1 Å². The van der Waals surface area contributed by atoms with E-state index in [-0.39, 0.29) is 23.0 Å². The van der Waals surface area contributed by atoms with Crippen LogP contribution in [0, 0.1) is 25.1 Å². The zero-order valence-electron chi connectivity index (χ0n) is 12.7. The quantitative estimate of drug-likeness (QED) is 0.714. The molecule has 0 unspecified atom stereocenters. The summed E-state index contributed by atoms with van der Waals surface area (Å²) in [7, 11) is 0. The molecule has 0 saturated heterocycles. The summed E-state index contributed by atoms with van der Waals surface area (Å²) in [4.78, 5) is 0. The Morgan fingerprint density at radius 2 is 1.80 bits per heavy atom. The Hall–Kier alpha value is -2.01. The molecule has 0 atom stereocenters. The number of benzene rings is 2. The molecule has 0 aliphatic carbocycles. The van der Waals surface area contributed by atoms with Crippen LogP contribution in [0.4, 0.5) is 4.39 Å². The Kier molecular flexibility index (Phi) is 5.16. The Balaban J connectivity index is 0.000000956. The lowest BCUT2D eigenvalue weighted by Gasteiger charge is -2.14. The highest BCUT2D eigenvalue weighted by atomic mass is 19.1. The number of rotatable bonds is 1. The van der Waals surface area contributed by atoms with Crippen molar-refractivity contribution < 1.29 is 9.50 Å². The van der Waals surface area contributed by atoms with Gasteiger partial charge in [0.15, 0.2) is 0 Å². The van der Waals surface area contributed by atoms with Gasteiger partial charge in [0, 0.05) is 5.39 Å². The van der Waals surface area contributed by atoms with E-state index in [1.807, 2.05) is 27.7 Å². The normalized spacial score (nSPS) is 10.1. The van der Waals surface area contributed by atoms with E-state index in [9.17, 15) is 9.50 Å². The Morgan fingerprint density at radius 3 is 2.30 bits per heavy atom. The summed E-state index contributed by atoms with van der Waals surface area (Å²) in [5.74, 6) is 2.43. The van der Waals surface area contributed by atoms with Gasteiger partial charge in [-0.1, -0.05) is 33.6 Å². The van der Waals surface area contributed by atoms with Crippen molar-refractivity contribution in [2.24, 2.45) is 0 Å². The molecule has 2 rings (SSSR count). The van der Waals surface area contributed by atoms with Gasteiger partial charge in [0.05, 0.1) is 5.56 Å². The minimum Gasteiger partial charge on any atom is -0.508 e. The number of phenols is 1. The first-order valence-corrected chi connectivity index (χ1v) is 6.88. The molecule has 2 aromatic rings. The van der Waals surface area contributed by atoms with Gasteiger partial charge in [-0.25, -0.2) is 4.39 Å². The number of halogens is 1. The summed E-state index contributed by atoms with van der Waals surface area (Å²) in [6.07, 6.45) is 5.44. The molecule has 0 bridgehead atoms. The number of fused-ring (bicyclic) bond motifs is 1. The molecule has 1 nitrogen and oxygen atoms in total. The van der Waals surface area contributed by atoms with Crippen molar-refractivity contribution >= 4 is 10.8 Å². The number of hydrogen-bond donors (Lipinski definition) is 1. The maximum absolute atomic E-state index is 14.1. The SMILES string of the molecule is C#Cc1c(F)c(C)cc2cc(O)cc(C(C)C)c12.CC. The molecule has 106 valence electrons. The van der Waals surface area contributed by atoms with E-state index < -0.39 is 0 Å². The number of aromatic hydroxyl groups is 1. The minimum atomic E-state index is -0.349. The van der Waals surface area contributed by atoms with E-state index >= 15 is 0 Å². The fraction of sp³-hybridized carbons (Fsp3) is 0.333. The second-order valence-corrected chi connectivity index (χ2v) is 4.81. The molecule has 0 spiro atoms. The largest absolute Gasteiger partial charge is 0.508 e. The van der Waals surface area contributed by atoms with Crippen LogP contribution in [0.2, 0.25) is 0 Å². The van der Waals surface area contributed by atoms with Crippen molar-refractivity contribution in [3.05, 3.63) is 40.7 Å². The molecule has 0 aromatic heterocycles. The van der Waals surface area contributed by atoms with Crippen LogP contribution in [0.1, 0.15) is 50.3 Å². The number of terminal acetylenes is 1. The zero-order chi connectivity index (χ0) is 15.4. The number of aryl methyl sites for hydroxylation is 1. The third kappa shape index (κ3) is 2.77. The van der Waals surface area contributed by atoms with Gasteiger partial charge in [-0.2, -0.15) is 0 Å². The van der Waals surface area contributed by atoms with Gasteiger partial charge in [-0.3, -0.25) is 0 Å². The Labute approximate surface area is 120 Å². The fourth-order valence-electron chi connectivity index (χ4n) is 2.27. The first-order chi connectivity index (χ1) is 9.45. The summed E-state index contributed by atoms with van der Waals surface area (Å²) in [5, 5.41) is 11.3. The second-order valence-electron chi connectivity index (χ2n) is 4.81. The van der Waals surface area contributed by atoms with Crippen molar-refractivity contribution in [1.29, 1.82) is 0 Å². The summed E-state index contributed by atoms with van der Waals surface area (Å²) >= 11 is 0. The van der Waals surface area contributed by atoms with Gasteiger partial charge in [0.25, 0.3) is 0 Å². The van der Waals surface area contributed by atoms with Gasteiger partial charge in [-0.15, -0.1) is 6.42 Å². The highest BCUT2D eigenvalue weighted by Gasteiger charge is 2.15. The van der Waals surface area contributed by atoms with Crippen LogP contribution in [-0.4, -0.2) is 5.11 Å². The molecule has 0 saturated carbocycles. The van der Waals surface area contributed by atoms with Crippen LogP contribution in [0.5, 0.6) is 5.75 Å². The monoisotopic (exact) mass is 272 g/mol. The fourth-order valence-corrected chi connectivity index (χ4v) is 2.27. The van der Waals surface area contributed by atoms with E-state index in [0.29, 0.717) is 5.56 Å². The van der Waals surface area contributed by atoms with Crippen molar-refractivity contribution in [2.45, 2.75) is 40.5 Å². The predicted molar refractivity (Wildman–Crippen MR) is 83.7 cm³/mol. The lowest BCUT2D eigenvalue weighted by atomic mass is 9.91. The van der Waals surface area contributed by atoms with Crippen LogP contribution in [0.25, 0.3) is 10.8 Å². The molecule has 2 aromatic carbocycles. The summed E-state index contributed by atoms with van der Waals surface area (Å²) in [6.45, 7) is 9.66. The predicted octanol–water partition coefficient (Wildman–Crippen LogP) is 5.12. The lowest BCUT2D eigenvalue weighted by molar-refractivity contribution is 0.475. The van der Waals surface area contributed by atoms with E-state index in [2.05, 4.69) is 5.92 Å². The molecular weight excluding hydrogens is 251 g/mol. The molecule has 1 N–H and O–H groups in total. The third-order valence-electron chi connectivity index (χ3n) is 3.14. The minimum absolute atomic E-state index is 0.161. The Morgan fingerprint density at radius 1 is 1.20 bits per heavy atom. The molecule has 0 radical (unpaired) electrons. The Bertz CT molecular complexity index is 663. The molecule has 0 aliphatic heterocycles. The first-order valence-electron chi connectivity index (χ1n) is 6.88. The molecular formula is C18H21FO. The maximum atomic E-state index is 14.1. The van der Waals surface area contributed by atoms with Gasteiger partial charge in [0.1, 0.15) is 11.6 Å². The summed E-state index contributed by atoms with van der Waals surface area (Å²) in [5.41, 5.74) is 1.65. The summed E-state index contributed by atoms with van der Waals surface area (Å²) < 4.78 is 14.1. The number of phenolic OH excluding ortho intramolecular Hbond substituents is 1. The lowest BCUT2D eigenvalue weighted by Crippen LogP contribution is -1.97. The average Bonchev–Trinajstić information content (AvgIpc) is 2.42. The average molecular weight is 272 g/mol. The topological polar surface area (TPSA) is 20.2 Å². The molecule has 0 aliphatic rings. The first kappa shape index (κ1) is 16.0. The van der Waals surface area contributed by atoms with E-state index in [1.165, 1.54) is 0 Å². The van der Waals surface area contributed by atoms with Crippen molar-refractivity contribution in [3.63, 3.8) is 0 Å². The smallest absolute Gasteiger partial charge is 0.142 e. The number of hydrogen-bond acceptors (Lipinski definition) is 1. The summed E-state index contributed by atoms with van der Waals surface area (Å²) in [6, 6.07) is 4.99. The standard InChI is InChI=1S/C16H15FO.C2H6/c1-5-13-15-11(6-10(4)16(13)17)7-12(18)8-14(15)9(2)3;1-2/h1,6-9,18H,2-4H3;1-2H3. The molecule has 20 heavy (non-hydrogen) atoms. The van der Waals surface area contributed by atoms with E-state index in [0.717, 1.165) is 16.3 Å². The van der Waals surface area contributed by atoms with Gasteiger partial charge >= 0.3 is 0 Å². The van der Waals surface area contributed by atoms with E-state index in [4.69, 9.17) is 6.42 Å². The van der Waals surface area contributed by atoms with Crippen LogP contribution < -0.4 is 0 Å². The third-order valence-corrected chi connectivity index (χ3v) is 3.14. The molecule has 0 fully saturated rings. The van der Waals surface area contributed by atoms with Crippen molar-refractivity contribution in [1.82, 2.24) is 0 Å². The van der Waals surface area contributed by atoms with Crippen LogP contribution in [0.15, 0.2) is 18.2 Å². The van der Waals surface area contributed by atoms with Crippen molar-refractivity contribution in [2.75, 3.05) is 0 Å². The van der Waals surface area contributed by atoms with Gasteiger partial charge in [0.2, 0.25) is 0 Å². The zero-order valence-corrected chi connectivity index (χ0v) is 12.7. The van der Waals surface area contributed by atoms with Crippen LogP contribution >= 0.6 is 0 Å². The van der Waals surface area contributed by atoms with Crippen LogP contribution in [0.3, 0.4) is 0 Å². The van der Waals surface area contributed by atoms with Crippen molar-refractivity contribution in [3.8, 4) is 18.1 Å². The van der Waals surface area contributed by atoms with Gasteiger partial charge < -0.3 is 5.11 Å². The molecule has 2 heteroatoms. The van der Waals surface area contributed by atoms with Gasteiger partial charge in [-0.05, 0) is 47.6 Å². The highest BCUT2D eigenvalue weighted by molar-refractivity contribution is 5.93. The molecule has 0 heterocycles. The van der Waals surface area contributed by atoms with Crippen LogP contribution in [-0.2, 0) is 0 Å². The highest BCUT2D eigenvalue weighted by Crippen LogP contribution is 2.34. The second kappa shape index (κ2) is 6.43.